The summed E-state index contributed by atoms with van der Waals surface area (Å²) in [5.41, 5.74) is 5.38. The van der Waals surface area contributed by atoms with Crippen molar-refractivity contribution in [2.45, 2.75) is 38.8 Å². The maximum atomic E-state index is 12.5. The number of carbonyl (C=O) groups is 2. The van der Waals surface area contributed by atoms with Crippen molar-refractivity contribution >= 4 is 23.2 Å². The van der Waals surface area contributed by atoms with Gasteiger partial charge in [-0.1, -0.05) is 71.1 Å². The van der Waals surface area contributed by atoms with Crippen LogP contribution in [-0.2, 0) is 48.4 Å². The molecule has 0 radical (unpaired) electrons. The van der Waals surface area contributed by atoms with Gasteiger partial charge in [-0.3, -0.25) is 9.59 Å². The minimum absolute atomic E-state index is 0.0576. The zero-order valence-corrected chi connectivity index (χ0v) is 22.0. The van der Waals surface area contributed by atoms with Crippen molar-refractivity contribution in [3.8, 4) is 0 Å². The van der Waals surface area contributed by atoms with Gasteiger partial charge in [-0.05, 0) is 61.1 Å². The predicted octanol–water partition coefficient (Wildman–Crippen LogP) is 3.72. The molecule has 0 aliphatic heterocycles. The summed E-state index contributed by atoms with van der Waals surface area (Å²) >= 11 is 0. The summed E-state index contributed by atoms with van der Waals surface area (Å²) in [7, 11) is 0. The van der Waals surface area contributed by atoms with E-state index in [2.05, 4.69) is 55.5 Å². The van der Waals surface area contributed by atoms with Crippen molar-refractivity contribution in [2.75, 3.05) is 10.6 Å². The number of rotatable bonds is 12. The van der Waals surface area contributed by atoms with Crippen LogP contribution >= 0.6 is 0 Å². The monoisotopic (exact) mass is 534 g/mol. The van der Waals surface area contributed by atoms with E-state index >= 15 is 0 Å². The highest BCUT2D eigenvalue weighted by Gasteiger charge is 2.09. The molecule has 2 amide bonds. The molecule has 0 saturated carbocycles. The van der Waals surface area contributed by atoms with Crippen LogP contribution in [0.1, 0.15) is 22.5 Å². The second-order valence-electron chi connectivity index (χ2n) is 9.46. The van der Waals surface area contributed by atoms with Gasteiger partial charge in [0, 0.05) is 23.8 Å². The van der Waals surface area contributed by atoms with Gasteiger partial charge < -0.3 is 10.6 Å². The quantitative estimate of drug-likeness (QED) is 0.252. The lowest BCUT2D eigenvalue weighted by Crippen LogP contribution is -2.20. The Morgan fingerprint density at radius 3 is 1.35 bits per heavy atom. The molecule has 10 nitrogen and oxygen atoms in total. The largest absolute Gasteiger partial charge is 0.324 e. The molecule has 0 saturated heterocycles. The number of nitrogens with zero attached hydrogens (tertiary/aromatic N) is 6. The zero-order chi connectivity index (χ0) is 27.6. The van der Waals surface area contributed by atoms with E-state index in [1.807, 2.05) is 36.4 Å². The molecule has 0 aliphatic rings. The molecule has 2 heterocycles. The van der Waals surface area contributed by atoms with Crippen LogP contribution in [0, 0.1) is 0 Å². The standard InChI is InChI=1S/C30H30N8O2/c39-29(21-37-19-27(33-35-37)13-11-23-7-3-1-4-8-23)31-25-15-17-26(18-16-25)32-30(40)22-38-20-28(34-36-38)14-12-24-9-5-2-6-10-24/h1-10,15-20H,11-14,21-22H2,(H,31,39)(H,32,40). The van der Waals surface area contributed by atoms with Gasteiger partial charge in [0.25, 0.3) is 0 Å². The molecule has 0 unspecified atom stereocenters. The molecule has 2 aromatic heterocycles. The molecule has 3 aromatic carbocycles. The van der Waals surface area contributed by atoms with Gasteiger partial charge in [-0.2, -0.15) is 0 Å². The topological polar surface area (TPSA) is 120 Å². The molecule has 0 atom stereocenters. The number of nitrogens with one attached hydrogen (secondary N) is 2. The average molecular weight is 535 g/mol. The summed E-state index contributed by atoms with van der Waals surface area (Å²) < 4.78 is 3.06. The third-order valence-corrected chi connectivity index (χ3v) is 6.26. The maximum Gasteiger partial charge on any atom is 0.246 e. The molecule has 5 rings (SSSR count). The van der Waals surface area contributed by atoms with Crippen LogP contribution in [0.4, 0.5) is 11.4 Å². The zero-order valence-electron chi connectivity index (χ0n) is 22.0. The van der Waals surface area contributed by atoms with Crippen molar-refractivity contribution in [3.05, 3.63) is 120 Å². The van der Waals surface area contributed by atoms with Gasteiger partial charge >= 0.3 is 0 Å². The number of hydrogen-bond donors (Lipinski definition) is 2. The van der Waals surface area contributed by atoms with Crippen molar-refractivity contribution in [1.82, 2.24) is 30.0 Å². The smallest absolute Gasteiger partial charge is 0.246 e. The Morgan fingerprint density at radius 2 is 0.950 bits per heavy atom. The molecule has 10 heteroatoms. The highest BCUT2D eigenvalue weighted by molar-refractivity contribution is 5.92. The molecule has 0 spiro atoms. The number of aromatic nitrogens is 6. The van der Waals surface area contributed by atoms with Crippen molar-refractivity contribution in [1.29, 1.82) is 0 Å². The van der Waals surface area contributed by atoms with E-state index in [9.17, 15) is 9.59 Å². The van der Waals surface area contributed by atoms with Gasteiger partial charge in [0.05, 0.1) is 11.4 Å². The molecule has 0 aliphatic carbocycles. The Bertz CT molecular complexity index is 1410. The molecule has 0 bridgehead atoms. The number of aryl methyl sites for hydroxylation is 4. The van der Waals surface area contributed by atoms with Crippen LogP contribution in [0.3, 0.4) is 0 Å². The second-order valence-corrected chi connectivity index (χ2v) is 9.46. The number of amides is 2. The number of benzene rings is 3. The van der Waals surface area contributed by atoms with E-state index in [1.165, 1.54) is 20.5 Å². The summed E-state index contributed by atoms with van der Waals surface area (Å²) in [4.78, 5) is 25.0. The first-order valence-corrected chi connectivity index (χ1v) is 13.1. The summed E-state index contributed by atoms with van der Waals surface area (Å²) in [5, 5.41) is 22.1. The lowest BCUT2D eigenvalue weighted by molar-refractivity contribution is -0.117. The molecule has 40 heavy (non-hydrogen) atoms. The average Bonchev–Trinajstić information content (AvgIpc) is 3.62. The van der Waals surface area contributed by atoms with Crippen LogP contribution < -0.4 is 10.6 Å². The van der Waals surface area contributed by atoms with Crippen LogP contribution in [0.2, 0.25) is 0 Å². The Kier molecular flexibility index (Phi) is 8.67. The van der Waals surface area contributed by atoms with E-state index in [4.69, 9.17) is 0 Å². The minimum atomic E-state index is -0.217. The first-order valence-electron chi connectivity index (χ1n) is 13.1. The summed E-state index contributed by atoms with van der Waals surface area (Å²) in [5.74, 6) is -0.434. The Morgan fingerprint density at radius 1 is 0.550 bits per heavy atom. The van der Waals surface area contributed by atoms with E-state index in [0.29, 0.717) is 11.4 Å². The Hall–Kier alpha value is -5.12. The molecular formula is C30H30N8O2. The summed E-state index contributed by atoms with van der Waals surface area (Å²) in [6, 6.07) is 27.3. The van der Waals surface area contributed by atoms with Crippen LogP contribution in [0.15, 0.2) is 97.3 Å². The number of anilines is 2. The van der Waals surface area contributed by atoms with Gasteiger partial charge in [-0.25, -0.2) is 9.36 Å². The highest BCUT2D eigenvalue weighted by Crippen LogP contribution is 2.14. The van der Waals surface area contributed by atoms with E-state index in [-0.39, 0.29) is 24.9 Å². The maximum absolute atomic E-state index is 12.5. The number of hydrogen-bond acceptors (Lipinski definition) is 6. The normalized spacial score (nSPS) is 10.8. The summed E-state index contributed by atoms with van der Waals surface area (Å²) in [6.07, 6.45) is 6.83. The lowest BCUT2D eigenvalue weighted by Gasteiger charge is -2.08. The second kappa shape index (κ2) is 13.1. The SMILES string of the molecule is O=C(Cn1cc(CCc2ccccc2)nn1)Nc1ccc(NC(=O)Cn2cc(CCc3ccccc3)nn2)cc1. The van der Waals surface area contributed by atoms with Gasteiger partial charge in [-0.15, -0.1) is 10.2 Å². The Labute approximate surface area is 232 Å². The van der Waals surface area contributed by atoms with Crippen LogP contribution in [0.25, 0.3) is 0 Å². The van der Waals surface area contributed by atoms with Crippen LogP contribution in [0.5, 0.6) is 0 Å². The van der Waals surface area contributed by atoms with Crippen molar-refractivity contribution in [3.63, 3.8) is 0 Å². The fourth-order valence-corrected chi connectivity index (χ4v) is 4.23. The number of carbonyl (C=O) groups excluding carboxylic acids is 2. The molecule has 2 N–H and O–H groups in total. The fourth-order valence-electron chi connectivity index (χ4n) is 4.23. The molecule has 0 fully saturated rings. The lowest BCUT2D eigenvalue weighted by atomic mass is 10.1. The van der Waals surface area contributed by atoms with E-state index in [0.717, 1.165) is 37.1 Å². The first-order chi connectivity index (χ1) is 19.6. The molecule has 202 valence electrons. The van der Waals surface area contributed by atoms with Crippen molar-refractivity contribution in [2.24, 2.45) is 0 Å². The van der Waals surface area contributed by atoms with E-state index in [1.54, 1.807) is 36.7 Å². The minimum Gasteiger partial charge on any atom is -0.324 e. The molecular weight excluding hydrogens is 504 g/mol. The van der Waals surface area contributed by atoms with Crippen molar-refractivity contribution < 1.29 is 9.59 Å². The Balaban J connectivity index is 1.04. The predicted molar refractivity (Wildman–Crippen MR) is 151 cm³/mol. The highest BCUT2D eigenvalue weighted by atomic mass is 16.2. The summed E-state index contributed by atoms with van der Waals surface area (Å²) in [6.45, 7) is 0.115. The van der Waals surface area contributed by atoms with Gasteiger partial charge in [0.2, 0.25) is 11.8 Å². The third-order valence-electron chi connectivity index (χ3n) is 6.26. The molecule has 5 aromatic rings. The van der Waals surface area contributed by atoms with Crippen LogP contribution in [-0.4, -0.2) is 41.8 Å². The first kappa shape index (κ1) is 26.5. The van der Waals surface area contributed by atoms with E-state index < -0.39 is 0 Å². The fraction of sp³-hybridized carbons (Fsp3) is 0.200. The third kappa shape index (κ3) is 7.94. The van der Waals surface area contributed by atoms with Gasteiger partial charge in [0.15, 0.2) is 0 Å². The van der Waals surface area contributed by atoms with Gasteiger partial charge in [0.1, 0.15) is 13.1 Å².